The van der Waals surface area contributed by atoms with Crippen molar-refractivity contribution in [3.05, 3.63) is 24.0 Å². The van der Waals surface area contributed by atoms with Gasteiger partial charge in [-0.2, -0.15) is 0 Å². The molecular formula is C11H14FNO2. The third kappa shape index (κ3) is 2.39. The molecule has 1 fully saturated rings. The number of benzene rings is 1. The largest absolute Gasteiger partial charge is 0.494 e. The molecule has 1 saturated heterocycles. The third-order valence-corrected chi connectivity index (χ3v) is 2.44. The zero-order valence-corrected chi connectivity index (χ0v) is 8.63. The highest BCUT2D eigenvalue weighted by Gasteiger charge is 2.16. The minimum Gasteiger partial charge on any atom is -0.494 e. The topological polar surface area (TPSA) is 30.5 Å². The molecule has 15 heavy (non-hydrogen) atoms. The lowest BCUT2D eigenvalue weighted by Crippen LogP contribution is -2.19. The van der Waals surface area contributed by atoms with E-state index in [-0.39, 0.29) is 17.7 Å². The maximum atomic E-state index is 13.3. The van der Waals surface area contributed by atoms with Crippen LogP contribution in [0.15, 0.2) is 18.2 Å². The fourth-order valence-corrected chi connectivity index (χ4v) is 1.64. The summed E-state index contributed by atoms with van der Waals surface area (Å²) in [5.74, 6) is 0.412. The molecule has 1 unspecified atom stereocenters. The van der Waals surface area contributed by atoms with Gasteiger partial charge in [0.15, 0.2) is 11.6 Å². The van der Waals surface area contributed by atoms with E-state index in [1.807, 2.05) is 0 Å². The van der Waals surface area contributed by atoms with Gasteiger partial charge in [-0.1, -0.05) is 0 Å². The summed E-state index contributed by atoms with van der Waals surface area (Å²) in [6, 6.07) is 4.66. The van der Waals surface area contributed by atoms with Crippen molar-refractivity contribution in [2.24, 2.45) is 0 Å². The summed E-state index contributed by atoms with van der Waals surface area (Å²) in [6.07, 6.45) is 1.12. The molecule has 0 aromatic heterocycles. The van der Waals surface area contributed by atoms with Gasteiger partial charge in [-0.3, -0.25) is 0 Å². The fraction of sp³-hybridized carbons (Fsp3) is 0.455. The van der Waals surface area contributed by atoms with Gasteiger partial charge in [0, 0.05) is 12.6 Å². The number of halogens is 1. The first kappa shape index (κ1) is 10.2. The number of methoxy groups -OCH3 is 1. The van der Waals surface area contributed by atoms with Gasteiger partial charge in [0.1, 0.15) is 11.9 Å². The highest BCUT2D eigenvalue weighted by atomic mass is 19.1. The Morgan fingerprint density at radius 3 is 2.93 bits per heavy atom. The fourth-order valence-electron chi connectivity index (χ4n) is 1.64. The second-order valence-electron chi connectivity index (χ2n) is 3.53. The molecule has 1 atom stereocenters. The lowest BCUT2D eigenvalue weighted by Gasteiger charge is -2.12. The molecule has 4 heteroatoms. The van der Waals surface area contributed by atoms with Gasteiger partial charge in [0.25, 0.3) is 0 Å². The molecule has 2 rings (SSSR count). The molecule has 1 aliphatic heterocycles. The first-order valence-corrected chi connectivity index (χ1v) is 5.00. The number of hydrogen-bond acceptors (Lipinski definition) is 3. The molecule has 1 heterocycles. The van der Waals surface area contributed by atoms with E-state index in [9.17, 15) is 4.39 Å². The molecule has 82 valence electrons. The van der Waals surface area contributed by atoms with Crippen LogP contribution in [0.2, 0.25) is 0 Å². The molecule has 0 saturated carbocycles. The zero-order chi connectivity index (χ0) is 10.7. The van der Waals surface area contributed by atoms with Crippen LogP contribution >= 0.6 is 0 Å². The Morgan fingerprint density at radius 1 is 1.47 bits per heavy atom. The molecule has 1 aromatic rings. The van der Waals surface area contributed by atoms with E-state index < -0.39 is 0 Å². The maximum Gasteiger partial charge on any atom is 0.168 e. The third-order valence-electron chi connectivity index (χ3n) is 2.44. The predicted octanol–water partition coefficient (Wildman–Crippen LogP) is 1.57. The Kier molecular flexibility index (Phi) is 3.06. The van der Waals surface area contributed by atoms with Crippen LogP contribution in [0.25, 0.3) is 0 Å². The summed E-state index contributed by atoms with van der Waals surface area (Å²) in [4.78, 5) is 0. The van der Waals surface area contributed by atoms with Crippen LogP contribution in [-0.2, 0) is 0 Å². The molecule has 1 aromatic carbocycles. The van der Waals surface area contributed by atoms with E-state index in [1.165, 1.54) is 13.2 Å². The van der Waals surface area contributed by atoms with E-state index in [0.29, 0.717) is 5.75 Å². The highest BCUT2D eigenvalue weighted by molar-refractivity contribution is 5.33. The van der Waals surface area contributed by atoms with Crippen LogP contribution in [0.1, 0.15) is 6.42 Å². The van der Waals surface area contributed by atoms with E-state index in [1.54, 1.807) is 12.1 Å². The van der Waals surface area contributed by atoms with Gasteiger partial charge in [-0.25, -0.2) is 4.39 Å². The molecular weight excluding hydrogens is 197 g/mol. The molecule has 1 N–H and O–H groups in total. The molecule has 0 amide bonds. The Labute approximate surface area is 88.2 Å². The Morgan fingerprint density at radius 2 is 2.33 bits per heavy atom. The summed E-state index contributed by atoms with van der Waals surface area (Å²) in [5, 5.41) is 3.19. The number of hydrogen-bond donors (Lipinski definition) is 1. The first-order chi connectivity index (χ1) is 7.29. The summed E-state index contributed by atoms with van der Waals surface area (Å²) in [7, 11) is 1.44. The summed E-state index contributed by atoms with van der Waals surface area (Å²) in [6.45, 7) is 1.79. The number of rotatable bonds is 3. The van der Waals surface area contributed by atoms with Crippen molar-refractivity contribution >= 4 is 0 Å². The van der Waals surface area contributed by atoms with E-state index >= 15 is 0 Å². The van der Waals surface area contributed by atoms with Gasteiger partial charge >= 0.3 is 0 Å². The van der Waals surface area contributed by atoms with Crippen LogP contribution < -0.4 is 14.8 Å². The Hall–Kier alpha value is -1.29. The quantitative estimate of drug-likeness (QED) is 0.823. The van der Waals surface area contributed by atoms with E-state index in [4.69, 9.17) is 9.47 Å². The van der Waals surface area contributed by atoms with Crippen molar-refractivity contribution < 1.29 is 13.9 Å². The average Bonchev–Trinajstić information content (AvgIpc) is 2.71. The normalized spacial score (nSPS) is 20.3. The molecule has 0 aliphatic carbocycles. The number of ether oxygens (including phenoxy) is 2. The minimum absolute atomic E-state index is 0.151. The van der Waals surface area contributed by atoms with Crippen molar-refractivity contribution in [1.29, 1.82) is 0 Å². The van der Waals surface area contributed by atoms with E-state index in [0.717, 1.165) is 19.5 Å². The van der Waals surface area contributed by atoms with Crippen LogP contribution in [0.3, 0.4) is 0 Å². The molecule has 0 bridgehead atoms. The second-order valence-corrected chi connectivity index (χ2v) is 3.53. The van der Waals surface area contributed by atoms with Crippen LogP contribution in [-0.4, -0.2) is 26.3 Å². The maximum absolute atomic E-state index is 13.3. The number of nitrogens with one attached hydrogen (secondary N) is 1. The van der Waals surface area contributed by atoms with Crippen molar-refractivity contribution in [2.45, 2.75) is 12.5 Å². The van der Waals surface area contributed by atoms with Gasteiger partial charge < -0.3 is 14.8 Å². The Balaban J connectivity index is 2.05. The summed E-state index contributed by atoms with van der Waals surface area (Å²) < 4.78 is 23.7. The monoisotopic (exact) mass is 211 g/mol. The van der Waals surface area contributed by atoms with Gasteiger partial charge in [-0.05, 0) is 25.1 Å². The van der Waals surface area contributed by atoms with Crippen LogP contribution in [0, 0.1) is 5.82 Å². The van der Waals surface area contributed by atoms with Gasteiger partial charge in [0.2, 0.25) is 0 Å². The van der Waals surface area contributed by atoms with Gasteiger partial charge in [0.05, 0.1) is 7.11 Å². The smallest absolute Gasteiger partial charge is 0.168 e. The predicted molar refractivity (Wildman–Crippen MR) is 54.9 cm³/mol. The molecule has 3 nitrogen and oxygen atoms in total. The van der Waals surface area contributed by atoms with Crippen molar-refractivity contribution in [2.75, 3.05) is 20.2 Å². The van der Waals surface area contributed by atoms with E-state index in [2.05, 4.69) is 5.32 Å². The summed E-state index contributed by atoms with van der Waals surface area (Å²) >= 11 is 0. The van der Waals surface area contributed by atoms with Crippen LogP contribution in [0.5, 0.6) is 11.5 Å². The Bertz CT molecular complexity index is 337. The van der Waals surface area contributed by atoms with Crippen molar-refractivity contribution in [3.63, 3.8) is 0 Å². The standard InChI is InChI=1S/C11H14FNO2/c1-14-11-3-2-8(6-10(11)12)15-9-4-5-13-7-9/h2-3,6,9,13H,4-5,7H2,1H3. The average molecular weight is 211 g/mol. The lowest BCUT2D eigenvalue weighted by molar-refractivity contribution is 0.221. The zero-order valence-electron chi connectivity index (χ0n) is 8.63. The molecule has 0 radical (unpaired) electrons. The molecule has 1 aliphatic rings. The van der Waals surface area contributed by atoms with Crippen molar-refractivity contribution in [1.82, 2.24) is 5.32 Å². The second kappa shape index (κ2) is 4.49. The summed E-state index contributed by atoms with van der Waals surface area (Å²) in [5.41, 5.74) is 0. The minimum atomic E-state index is -0.388. The first-order valence-electron chi connectivity index (χ1n) is 5.00. The highest BCUT2D eigenvalue weighted by Crippen LogP contribution is 2.23. The van der Waals surface area contributed by atoms with Gasteiger partial charge in [-0.15, -0.1) is 0 Å². The van der Waals surface area contributed by atoms with Crippen LogP contribution in [0.4, 0.5) is 4.39 Å². The SMILES string of the molecule is COc1ccc(OC2CCNC2)cc1F. The van der Waals surface area contributed by atoms with Crippen molar-refractivity contribution in [3.8, 4) is 11.5 Å². The lowest BCUT2D eigenvalue weighted by atomic mass is 10.3. The molecule has 0 spiro atoms.